The summed E-state index contributed by atoms with van der Waals surface area (Å²) >= 11 is 1.21. The summed E-state index contributed by atoms with van der Waals surface area (Å²) in [6.07, 6.45) is 0. The maximum Gasteiger partial charge on any atom is 0.247 e. The number of thiophene rings is 1. The second-order valence-corrected chi connectivity index (χ2v) is 5.39. The zero-order valence-electron chi connectivity index (χ0n) is 6.29. The van der Waals surface area contributed by atoms with E-state index in [1.807, 2.05) is 14.8 Å². The van der Waals surface area contributed by atoms with Gasteiger partial charge in [0.15, 0.2) is 7.85 Å². The molecule has 0 aromatic carbocycles. The lowest BCUT2D eigenvalue weighted by atomic mass is 10.0. The van der Waals surface area contributed by atoms with Crippen molar-refractivity contribution in [3.05, 3.63) is 11.6 Å². The van der Waals surface area contributed by atoms with Gasteiger partial charge in [-0.1, -0.05) is 0 Å². The zero-order valence-corrected chi connectivity index (χ0v) is 7.92. The number of hydrogen-bond donors (Lipinski definition) is 1. The number of nitrogens with two attached hydrogens (primary N) is 1. The summed E-state index contributed by atoms with van der Waals surface area (Å²) in [7, 11) is -1.62. The topological polar surface area (TPSA) is 60.2 Å². The van der Waals surface area contributed by atoms with Crippen molar-refractivity contribution in [2.75, 3.05) is 0 Å². The lowest BCUT2D eigenvalue weighted by molar-refractivity contribution is 0.599. The molecule has 0 bridgehead atoms. The molecule has 1 heterocycles. The van der Waals surface area contributed by atoms with Crippen LogP contribution in [0.25, 0.3) is 0 Å². The average molecular weight is 189 g/mol. The lowest BCUT2D eigenvalue weighted by Crippen LogP contribution is -2.10. The SMILES string of the molecule is Bc1sc(S(N)(=O)=O)cc1C. The molecular weight excluding hydrogens is 181 g/mol. The number of rotatable bonds is 1. The summed E-state index contributed by atoms with van der Waals surface area (Å²) in [6.45, 7) is 1.86. The molecule has 0 aliphatic carbocycles. The smallest absolute Gasteiger partial charge is 0.224 e. The van der Waals surface area contributed by atoms with Gasteiger partial charge in [-0.2, -0.15) is 0 Å². The largest absolute Gasteiger partial charge is 0.247 e. The van der Waals surface area contributed by atoms with Crippen LogP contribution in [0.3, 0.4) is 0 Å². The van der Waals surface area contributed by atoms with E-state index in [9.17, 15) is 8.42 Å². The minimum Gasteiger partial charge on any atom is -0.224 e. The van der Waals surface area contributed by atoms with Crippen LogP contribution in [0.15, 0.2) is 10.3 Å². The highest BCUT2D eigenvalue weighted by Crippen LogP contribution is 2.14. The van der Waals surface area contributed by atoms with Crippen LogP contribution in [0.5, 0.6) is 0 Å². The molecule has 0 unspecified atom stereocenters. The summed E-state index contributed by atoms with van der Waals surface area (Å²) in [5.74, 6) is 0. The van der Waals surface area contributed by atoms with Crippen molar-refractivity contribution in [2.45, 2.75) is 11.1 Å². The van der Waals surface area contributed by atoms with E-state index >= 15 is 0 Å². The van der Waals surface area contributed by atoms with Crippen LogP contribution in [-0.4, -0.2) is 16.3 Å². The van der Waals surface area contributed by atoms with Crippen LogP contribution in [0.1, 0.15) is 5.56 Å². The van der Waals surface area contributed by atoms with Gasteiger partial charge in [-0.25, -0.2) is 13.6 Å². The molecule has 0 saturated heterocycles. The first-order valence-corrected chi connectivity index (χ1v) is 5.37. The second-order valence-electron chi connectivity index (χ2n) is 2.35. The Morgan fingerprint density at radius 2 is 2.18 bits per heavy atom. The summed E-state index contributed by atoms with van der Waals surface area (Å²) < 4.78 is 22.8. The summed E-state index contributed by atoms with van der Waals surface area (Å²) in [5.41, 5.74) is 0.971. The van der Waals surface area contributed by atoms with Crippen LogP contribution >= 0.6 is 11.3 Å². The highest BCUT2D eigenvalue weighted by Gasteiger charge is 2.11. The van der Waals surface area contributed by atoms with Gasteiger partial charge in [0.25, 0.3) is 0 Å². The molecule has 1 rings (SSSR count). The highest BCUT2D eigenvalue weighted by molar-refractivity contribution is 7.91. The Morgan fingerprint density at radius 3 is 2.36 bits per heavy atom. The number of primary sulfonamides is 1. The Labute approximate surface area is 70.7 Å². The van der Waals surface area contributed by atoms with E-state index < -0.39 is 10.0 Å². The molecule has 2 N–H and O–H groups in total. The molecule has 0 radical (unpaired) electrons. The van der Waals surface area contributed by atoms with Gasteiger partial charge in [0.2, 0.25) is 10.0 Å². The zero-order chi connectivity index (χ0) is 8.65. The van der Waals surface area contributed by atoms with Gasteiger partial charge in [-0.3, -0.25) is 0 Å². The molecule has 0 aliphatic rings. The minimum atomic E-state index is -3.49. The predicted octanol–water partition coefficient (Wildman–Crippen LogP) is -1.04. The molecule has 0 amide bonds. The maximum absolute atomic E-state index is 10.8. The third-order valence-electron chi connectivity index (χ3n) is 1.42. The van der Waals surface area contributed by atoms with Crippen molar-refractivity contribution in [1.82, 2.24) is 0 Å². The lowest BCUT2D eigenvalue weighted by Gasteiger charge is -1.87. The first-order valence-electron chi connectivity index (χ1n) is 3.01. The fraction of sp³-hybridized carbons (Fsp3) is 0.200. The van der Waals surface area contributed by atoms with Gasteiger partial charge >= 0.3 is 0 Å². The van der Waals surface area contributed by atoms with Crippen molar-refractivity contribution < 1.29 is 8.42 Å². The van der Waals surface area contributed by atoms with Gasteiger partial charge < -0.3 is 0 Å². The predicted molar refractivity (Wildman–Crippen MR) is 48.6 cm³/mol. The van der Waals surface area contributed by atoms with E-state index in [4.69, 9.17) is 5.14 Å². The van der Waals surface area contributed by atoms with Gasteiger partial charge in [-0.15, -0.1) is 11.3 Å². The van der Waals surface area contributed by atoms with Crippen molar-refractivity contribution in [1.29, 1.82) is 0 Å². The Hall–Kier alpha value is -0.325. The molecule has 1 aromatic heterocycles. The minimum absolute atomic E-state index is 0.243. The van der Waals surface area contributed by atoms with Crippen molar-refractivity contribution in [3.63, 3.8) is 0 Å². The molecule has 11 heavy (non-hydrogen) atoms. The molecule has 1 aromatic rings. The van der Waals surface area contributed by atoms with Crippen molar-refractivity contribution in [3.8, 4) is 0 Å². The van der Waals surface area contributed by atoms with Crippen LogP contribution in [0.2, 0.25) is 0 Å². The number of sulfonamides is 1. The van der Waals surface area contributed by atoms with Gasteiger partial charge in [0.1, 0.15) is 4.21 Å². The van der Waals surface area contributed by atoms with E-state index in [-0.39, 0.29) is 4.21 Å². The van der Waals surface area contributed by atoms with Gasteiger partial charge in [-0.05, 0) is 23.3 Å². The summed E-state index contributed by atoms with van der Waals surface area (Å²) in [6, 6.07) is 1.59. The fourth-order valence-corrected chi connectivity index (χ4v) is 2.62. The highest BCUT2D eigenvalue weighted by atomic mass is 32.2. The second kappa shape index (κ2) is 2.62. The monoisotopic (exact) mass is 189 g/mol. The van der Waals surface area contributed by atoms with Crippen LogP contribution in [0, 0.1) is 6.92 Å². The summed E-state index contributed by atoms with van der Waals surface area (Å²) in [4.78, 5) is 0. The first kappa shape index (κ1) is 8.77. The molecule has 60 valence electrons. The number of hydrogen-bond acceptors (Lipinski definition) is 3. The quantitative estimate of drug-likeness (QED) is 0.573. The van der Waals surface area contributed by atoms with Crippen LogP contribution in [-0.2, 0) is 10.0 Å². The van der Waals surface area contributed by atoms with Crippen molar-refractivity contribution in [2.24, 2.45) is 5.14 Å². The molecule has 3 nitrogen and oxygen atoms in total. The molecule has 6 heteroatoms. The fourth-order valence-electron chi connectivity index (χ4n) is 0.679. The Bertz CT molecular complexity index is 348. The van der Waals surface area contributed by atoms with Crippen LogP contribution < -0.4 is 9.92 Å². The maximum atomic E-state index is 10.8. The van der Waals surface area contributed by atoms with Gasteiger partial charge in [0, 0.05) is 0 Å². The Morgan fingerprint density at radius 1 is 1.64 bits per heavy atom. The number of aryl methyl sites for hydroxylation is 1. The van der Waals surface area contributed by atoms with Gasteiger partial charge in [0.05, 0.1) is 0 Å². The molecule has 0 aliphatic heterocycles. The van der Waals surface area contributed by atoms with E-state index in [1.165, 1.54) is 11.3 Å². The molecular formula is C5H8BNO2S2. The van der Waals surface area contributed by atoms with Crippen LogP contribution in [0.4, 0.5) is 0 Å². The molecule has 0 spiro atoms. The standard InChI is InChI=1S/C5H8BNO2S2/c1-3-2-4(10-5(3)6)11(7,8)9/h2H,6H2,1H3,(H2,7,8,9). The molecule has 0 atom stereocenters. The van der Waals surface area contributed by atoms with E-state index in [0.29, 0.717) is 0 Å². The normalized spacial score (nSPS) is 11.8. The third kappa shape index (κ3) is 1.82. The Balaban J connectivity index is 3.29. The average Bonchev–Trinajstić information content (AvgIpc) is 2.11. The van der Waals surface area contributed by atoms with E-state index in [0.717, 1.165) is 10.3 Å². The van der Waals surface area contributed by atoms with E-state index in [2.05, 4.69) is 0 Å². The first-order chi connectivity index (χ1) is 4.91. The third-order valence-corrected chi connectivity index (χ3v) is 4.00. The molecule has 0 saturated carbocycles. The Kier molecular flexibility index (Phi) is 2.09. The molecule has 0 fully saturated rings. The summed E-state index contributed by atoms with van der Waals surface area (Å²) in [5, 5.41) is 4.92. The van der Waals surface area contributed by atoms with E-state index in [1.54, 1.807) is 6.07 Å². The van der Waals surface area contributed by atoms with Crippen molar-refractivity contribution >= 4 is 34.0 Å².